The van der Waals surface area contributed by atoms with Crippen molar-refractivity contribution in [2.75, 3.05) is 4.81 Å². The first-order valence-corrected chi connectivity index (χ1v) is 19.6. The van der Waals surface area contributed by atoms with E-state index in [2.05, 4.69) is 182 Å². The number of aromatic nitrogens is 1. The topological polar surface area (TPSA) is 8.17 Å². The zero-order valence-corrected chi connectivity index (χ0v) is 32.8. The first-order chi connectivity index (χ1) is 25.1. The predicted molar refractivity (Wildman–Crippen MR) is 227 cm³/mol. The van der Waals surface area contributed by atoms with Crippen molar-refractivity contribution in [2.24, 2.45) is 0 Å². The summed E-state index contributed by atoms with van der Waals surface area (Å²) in [5.41, 5.74) is 23.3. The summed E-state index contributed by atoms with van der Waals surface area (Å²) < 4.78 is 2.67. The fourth-order valence-corrected chi connectivity index (χ4v) is 10.8. The van der Waals surface area contributed by atoms with Crippen molar-refractivity contribution in [1.29, 1.82) is 0 Å². The highest BCUT2D eigenvalue weighted by molar-refractivity contribution is 6.94. The zero-order valence-electron chi connectivity index (χ0n) is 32.8. The van der Waals surface area contributed by atoms with Gasteiger partial charge in [0, 0.05) is 44.2 Å². The summed E-state index contributed by atoms with van der Waals surface area (Å²) >= 11 is 0. The van der Waals surface area contributed by atoms with Crippen LogP contribution in [0.1, 0.15) is 103 Å². The molecule has 0 unspecified atom stereocenters. The second-order valence-electron chi connectivity index (χ2n) is 19.4. The van der Waals surface area contributed by atoms with Crippen LogP contribution in [-0.4, -0.2) is 11.4 Å². The number of benzene rings is 6. The Labute approximate surface area is 314 Å². The third-order valence-electron chi connectivity index (χ3n) is 13.6. The van der Waals surface area contributed by atoms with Crippen molar-refractivity contribution in [3.8, 4) is 27.9 Å². The molecule has 6 aromatic carbocycles. The Morgan fingerprint density at radius 1 is 0.528 bits per heavy atom. The summed E-state index contributed by atoms with van der Waals surface area (Å²) in [5, 5.41) is 2.72. The van der Waals surface area contributed by atoms with Crippen LogP contribution in [0.4, 0.5) is 11.4 Å². The predicted octanol–water partition coefficient (Wildman–Crippen LogP) is 11.6. The number of para-hydroxylation sites is 2. The molecule has 0 saturated heterocycles. The first-order valence-electron chi connectivity index (χ1n) is 19.6. The number of anilines is 2. The van der Waals surface area contributed by atoms with Gasteiger partial charge in [0.2, 0.25) is 0 Å². The molecule has 0 spiro atoms. The summed E-state index contributed by atoms with van der Waals surface area (Å²) in [6, 6.07) is 40.6. The second-order valence-corrected chi connectivity index (χ2v) is 19.4. The highest BCUT2D eigenvalue weighted by Crippen LogP contribution is 2.60. The van der Waals surface area contributed by atoms with Gasteiger partial charge in [0.15, 0.2) is 0 Å². The SMILES string of the molecule is CC(C)(C)c1ccc2c(c1)c1cc(C(C)(C)C)cc3c1n2-c1cc2c(c4c1B3N1c3ccccc3C(C)(C)c3cccc-4c31)-c1ccccc1C2(C)C. The highest BCUT2D eigenvalue weighted by atomic mass is 15.1. The molecule has 1 aliphatic carbocycles. The van der Waals surface area contributed by atoms with Crippen LogP contribution in [0.25, 0.3) is 49.7 Å². The molecule has 11 rings (SSSR count). The summed E-state index contributed by atoms with van der Waals surface area (Å²) in [7, 11) is 0. The van der Waals surface area contributed by atoms with Crippen molar-refractivity contribution in [1.82, 2.24) is 4.57 Å². The lowest BCUT2D eigenvalue weighted by atomic mass is 9.42. The minimum absolute atomic E-state index is 0.00998. The molecule has 4 aliphatic rings. The molecule has 0 fully saturated rings. The van der Waals surface area contributed by atoms with Crippen molar-refractivity contribution in [3.63, 3.8) is 0 Å². The van der Waals surface area contributed by atoms with E-state index >= 15 is 0 Å². The fraction of sp³-hybridized carbons (Fsp3) is 0.280. The van der Waals surface area contributed by atoms with Gasteiger partial charge < -0.3 is 9.38 Å². The Bertz CT molecular complexity index is 2810. The number of hydrogen-bond acceptors (Lipinski definition) is 1. The van der Waals surface area contributed by atoms with Crippen LogP contribution in [0.2, 0.25) is 0 Å². The smallest absolute Gasteiger partial charge is 0.333 e. The third kappa shape index (κ3) is 3.71. The van der Waals surface area contributed by atoms with E-state index < -0.39 is 0 Å². The van der Waals surface area contributed by atoms with Crippen molar-refractivity contribution < 1.29 is 0 Å². The maximum Gasteiger partial charge on any atom is 0.333 e. The molecule has 1 aromatic heterocycles. The zero-order chi connectivity index (χ0) is 36.7. The Hall–Kier alpha value is -5.02. The summed E-state index contributed by atoms with van der Waals surface area (Å²) in [6.45, 7) is 23.9. The Morgan fingerprint density at radius 2 is 1.17 bits per heavy atom. The van der Waals surface area contributed by atoms with E-state index in [1.807, 2.05) is 0 Å². The molecule has 53 heavy (non-hydrogen) atoms. The number of rotatable bonds is 0. The van der Waals surface area contributed by atoms with Gasteiger partial charge in [-0.25, -0.2) is 0 Å². The average molecular weight is 687 g/mol. The largest absolute Gasteiger partial charge is 0.376 e. The lowest BCUT2D eigenvalue weighted by Gasteiger charge is -2.50. The van der Waals surface area contributed by atoms with Gasteiger partial charge in [0.25, 0.3) is 0 Å². The monoisotopic (exact) mass is 686 g/mol. The van der Waals surface area contributed by atoms with Crippen LogP contribution in [0.15, 0.2) is 103 Å². The third-order valence-corrected chi connectivity index (χ3v) is 13.6. The van der Waals surface area contributed by atoms with Gasteiger partial charge in [-0.2, -0.15) is 0 Å². The Morgan fingerprint density at radius 3 is 1.92 bits per heavy atom. The maximum atomic E-state index is 2.76. The van der Waals surface area contributed by atoms with E-state index in [-0.39, 0.29) is 28.5 Å². The van der Waals surface area contributed by atoms with Crippen LogP contribution < -0.4 is 15.7 Å². The Kier molecular flexibility index (Phi) is 5.68. The molecule has 0 radical (unpaired) electrons. The van der Waals surface area contributed by atoms with Gasteiger partial charge in [0.1, 0.15) is 0 Å². The normalized spacial score (nSPS) is 16.7. The molecule has 4 heterocycles. The van der Waals surface area contributed by atoms with Crippen LogP contribution in [0.5, 0.6) is 0 Å². The van der Waals surface area contributed by atoms with E-state index in [9.17, 15) is 0 Å². The highest BCUT2D eigenvalue weighted by Gasteiger charge is 2.52. The number of hydrogen-bond donors (Lipinski definition) is 0. The maximum absolute atomic E-state index is 2.76. The number of fused-ring (bicyclic) bond motifs is 13. The molecular formula is C50H47BN2. The standard InChI is InChI=1S/C50H47BN2/c1-47(2,3)28-22-23-39-32(24-28)33-25-29(48(4,5)6)26-38-46(33)52(39)41-27-37-42(30-16-11-12-18-34(30)49(37,7)8)43-31-17-15-20-36-45(31)53(51(38)44(41)43)40-21-14-13-19-35(40)50(36,9)10/h11-27H,1-10H3. The molecule has 260 valence electrons. The van der Waals surface area contributed by atoms with E-state index in [0.29, 0.717) is 0 Å². The molecule has 0 N–H and O–H groups in total. The molecule has 0 saturated carbocycles. The van der Waals surface area contributed by atoms with Crippen LogP contribution in [-0.2, 0) is 21.7 Å². The second kappa shape index (κ2) is 9.55. The number of nitrogens with zero attached hydrogens (tertiary/aromatic N) is 2. The van der Waals surface area contributed by atoms with Crippen molar-refractivity contribution >= 4 is 51.0 Å². The van der Waals surface area contributed by atoms with E-state index in [1.165, 1.54) is 105 Å². The Balaban J connectivity index is 1.40. The molecule has 3 heteroatoms. The molecular weight excluding hydrogens is 639 g/mol. The molecule has 0 bridgehead atoms. The lowest BCUT2D eigenvalue weighted by Crippen LogP contribution is -2.62. The van der Waals surface area contributed by atoms with Gasteiger partial charge >= 0.3 is 6.85 Å². The lowest BCUT2D eigenvalue weighted by molar-refractivity contribution is 0.590. The summed E-state index contributed by atoms with van der Waals surface area (Å²) in [6.07, 6.45) is 0. The van der Waals surface area contributed by atoms with Crippen LogP contribution in [0.3, 0.4) is 0 Å². The minimum Gasteiger partial charge on any atom is -0.376 e. The molecule has 7 aromatic rings. The van der Waals surface area contributed by atoms with Crippen molar-refractivity contribution in [2.45, 2.75) is 90.9 Å². The first kappa shape index (κ1) is 31.5. The van der Waals surface area contributed by atoms with Gasteiger partial charge in [0.05, 0.1) is 11.0 Å². The molecule has 0 amide bonds. The molecule has 2 nitrogen and oxygen atoms in total. The van der Waals surface area contributed by atoms with Gasteiger partial charge in [-0.3, -0.25) is 0 Å². The summed E-state index contributed by atoms with van der Waals surface area (Å²) in [5.74, 6) is 0. The van der Waals surface area contributed by atoms with Crippen molar-refractivity contribution in [3.05, 3.63) is 137 Å². The van der Waals surface area contributed by atoms with E-state index in [0.717, 1.165) is 0 Å². The quantitative estimate of drug-likeness (QED) is 0.144. The van der Waals surface area contributed by atoms with Crippen LogP contribution in [0, 0.1) is 0 Å². The fourth-order valence-electron chi connectivity index (χ4n) is 10.8. The van der Waals surface area contributed by atoms with Crippen LogP contribution >= 0.6 is 0 Å². The molecule has 0 atom stereocenters. The van der Waals surface area contributed by atoms with E-state index in [1.54, 1.807) is 0 Å². The molecule has 3 aliphatic heterocycles. The van der Waals surface area contributed by atoms with Gasteiger partial charge in [-0.15, -0.1) is 0 Å². The van der Waals surface area contributed by atoms with E-state index in [4.69, 9.17) is 0 Å². The average Bonchev–Trinajstić information content (AvgIpc) is 3.57. The van der Waals surface area contributed by atoms with Gasteiger partial charge in [-0.05, 0) is 102 Å². The van der Waals surface area contributed by atoms with Gasteiger partial charge in [-0.1, -0.05) is 142 Å². The minimum atomic E-state index is -0.149. The summed E-state index contributed by atoms with van der Waals surface area (Å²) in [4.78, 5) is 2.76.